The van der Waals surface area contributed by atoms with Crippen molar-refractivity contribution in [2.24, 2.45) is 0 Å². The maximum atomic E-state index is 13.2. The SMILES string of the molecule is Cc1cccc(OCCCC(=O)N2CCCc3c(-c4cnn(Cc5ccco5)c4)cccc32)c1C. The van der Waals surface area contributed by atoms with E-state index in [2.05, 4.69) is 37.1 Å². The van der Waals surface area contributed by atoms with Crippen LogP contribution in [0.2, 0.25) is 0 Å². The summed E-state index contributed by atoms with van der Waals surface area (Å²) in [7, 11) is 0. The monoisotopic (exact) mass is 469 g/mol. The van der Waals surface area contributed by atoms with Crippen molar-refractivity contribution in [3.8, 4) is 16.9 Å². The van der Waals surface area contributed by atoms with E-state index in [1.165, 1.54) is 11.1 Å². The molecule has 0 spiro atoms. The number of carbonyl (C=O) groups is 1. The number of amides is 1. The second kappa shape index (κ2) is 10.2. The predicted molar refractivity (Wildman–Crippen MR) is 137 cm³/mol. The zero-order chi connectivity index (χ0) is 24.2. The van der Waals surface area contributed by atoms with Crippen molar-refractivity contribution in [2.75, 3.05) is 18.1 Å². The molecule has 35 heavy (non-hydrogen) atoms. The van der Waals surface area contributed by atoms with Gasteiger partial charge in [0.25, 0.3) is 0 Å². The molecule has 0 aliphatic carbocycles. The number of nitrogens with zero attached hydrogens (tertiary/aromatic N) is 3. The number of anilines is 1. The molecule has 5 rings (SSSR count). The summed E-state index contributed by atoms with van der Waals surface area (Å²) in [5.74, 6) is 1.92. The van der Waals surface area contributed by atoms with E-state index >= 15 is 0 Å². The molecule has 6 nitrogen and oxygen atoms in total. The molecule has 0 atom stereocenters. The maximum absolute atomic E-state index is 13.2. The molecule has 0 saturated carbocycles. The number of rotatable bonds is 8. The number of furan rings is 1. The normalized spacial score (nSPS) is 13.0. The van der Waals surface area contributed by atoms with Crippen LogP contribution in [0, 0.1) is 13.8 Å². The summed E-state index contributed by atoms with van der Waals surface area (Å²) in [6.45, 7) is 6.03. The van der Waals surface area contributed by atoms with E-state index < -0.39 is 0 Å². The van der Waals surface area contributed by atoms with Crippen LogP contribution in [0.1, 0.15) is 41.7 Å². The first-order valence-corrected chi connectivity index (χ1v) is 12.3. The number of aryl methyl sites for hydroxylation is 1. The molecule has 0 radical (unpaired) electrons. The standard InChI is InChI=1S/C29H31N3O3/c1-21-8-3-13-28(22(21)2)35-17-7-14-29(33)32-15-5-11-26-25(10-4-12-27(26)32)23-18-30-31(19-23)20-24-9-6-16-34-24/h3-4,6,8-10,12-13,16,18-19H,5,7,11,14-15,17,20H2,1-2H3. The fourth-order valence-corrected chi connectivity index (χ4v) is 4.73. The molecule has 0 saturated heterocycles. The largest absolute Gasteiger partial charge is 0.493 e. The molecule has 2 aromatic carbocycles. The Bertz CT molecular complexity index is 1310. The fourth-order valence-electron chi connectivity index (χ4n) is 4.73. The van der Waals surface area contributed by atoms with Crippen LogP contribution in [0.3, 0.4) is 0 Å². The van der Waals surface area contributed by atoms with E-state index in [4.69, 9.17) is 9.15 Å². The van der Waals surface area contributed by atoms with Gasteiger partial charge < -0.3 is 14.1 Å². The van der Waals surface area contributed by atoms with Gasteiger partial charge in [0.05, 0.1) is 25.6 Å². The van der Waals surface area contributed by atoms with Crippen molar-refractivity contribution in [3.63, 3.8) is 0 Å². The van der Waals surface area contributed by atoms with Gasteiger partial charge in [-0.15, -0.1) is 0 Å². The molecule has 2 aromatic heterocycles. The summed E-state index contributed by atoms with van der Waals surface area (Å²) in [6.07, 6.45) is 8.68. The van der Waals surface area contributed by atoms with Gasteiger partial charge in [-0.2, -0.15) is 5.10 Å². The smallest absolute Gasteiger partial charge is 0.227 e. The van der Waals surface area contributed by atoms with Crippen molar-refractivity contribution >= 4 is 11.6 Å². The van der Waals surface area contributed by atoms with Crippen molar-refractivity contribution in [1.82, 2.24) is 9.78 Å². The first kappa shape index (κ1) is 23.0. The summed E-state index contributed by atoms with van der Waals surface area (Å²) in [5.41, 5.74) is 6.81. The molecule has 6 heteroatoms. The molecule has 1 amide bonds. The maximum Gasteiger partial charge on any atom is 0.227 e. The van der Waals surface area contributed by atoms with Crippen molar-refractivity contribution in [2.45, 2.75) is 46.1 Å². The topological polar surface area (TPSA) is 60.5 Å². The molecule has 0 fully saturated rings. The molecule has 3 heterocycles. The Morgan fingerprint density at radius 3 is 2.86 bits per heavy atom. The van der Waals surface area contributed by atoms with Gasteiger partial charge in [-0.05, 0) is 79.6 Å². The van der Waals surface area contributed by atoms with E-state index in [0.717, 1.165) is 53.3 Å². The summed E-state index contributed by atoms with van der Waals surface area (Å²) in [5, 5.41) is 4.52. The van der Waals surface area contributed by atoms with Gasteiger partial charge in [0.2, 0.25) is 5.91 Å². The molecule has 180 valence electrons. The first-order valence-electron chi connectivity index (χ1n) is 12.3. The quantitative estimate of drug-likeness (QED) is 0.299. The molecular formula is C29H31N3O3. The lowest BCUT2D eigenvalue weighted by Crippen LogP contribution is -2.35. The highest BCUT2D eigenvalue weighted by Gasteiger charge is 2.24. The van der Waals surface area contributed by atoms with Gasteiger partial charge in [-0.25, -0.2) is 0 Å². The van der Waals surface area contributed by atoms with Crippen molar-refractivity contribution < 1.29 is 13.9 Å². The Labute approximate surface area is 206 Å². The number of ether oxygens (including phenoxy) is 1. The van der Waals surface area contributed by atoms with Crippen LogP contribution in [0.25, 0.3) is 11.1 Å². The molecule has 0 N–H and O–H groups in total. The van der Waals surface area contributed by atoms with Crippen LogP contribution in [0.5, 0.6) is 5.75 Å². The molecule has 1 aliphatic rings. The fraction of sp³-hybridized carbons (Fsp3) is 0.310. The number of carbonyl (C=O) groups excluding carboxylic acids is 1. The van der Waals surface area contributed by atoms with Crippen molar-refractivity contribution in [3.05, 3.63) is 89.6 Å². The third kappa shape index (κ3) is 5.02. The van der Waals surface area contributed by atoms with E-state index in [-0.39, 0.29) is 5.91 Å². The van der Waals surface area contributed by atoms with E-state index in [0.29, 0.717) is 26.0 Å². The van der Waals surface area contributed by atoms with Crippen molar-refractivity contribution in [1.29, 1.82) is 0 Å². The first-order chi connectivity index (χ1) is 17.1. The van der Waals surface area contributed by atoms with Crippen LogP contribution in [-0.2, 0) is 17.8 Å². The number of fused-ring (bicyclic) bond motifs is 1. The van der Waals surface area contributed by atoms with Gasteiger partial charge in [-0.1, -0.05) is 24.3 Å². The Morgan fingerprint density at radius 2 is 2.00 bits per heavy atom. The van der Waals surface area contributed by atoms with Crippen LogP contribution in [-0.4, -0.2) is 28.8 Å². The highest BCUT2D eigenvalue weighted by Crippen LogP contribution is 2.35. The molecule has 1 aliphatic heterocycles. The summed E-state index contributed by atoms with van der Waals surface area (Å²) >= 11 is 0. The Morgan fingerprint density at radius 1 is 1.11 bits per heavy atom. The Balaban J connectivity index is 1.25. The van der Waals surface area contributed by atoms with E-state index in [9.17, 15) is 4.79 Å². The lowest BCUT2D eigenvalue weighted by Gasteiger charge is -2.31. The zero-order valence-electron chi connectivity index (χ0n) is 20.4. The van der Waals surface area contributed by atoms with Crippen LogP contribution in [0.15, 0.2) is 71.6 Å². The second-order valence-corrected chi connectivity index (χ2v) is 9.11. The van der Waals surface area contributed by atoms with Gasteiger partial charge in [-0.3, -0.25) is 9.48 Å². The number of benzene rings is 2. The summed E-state index contributed by atoms with van der Waals surface area (Å²) < 4.78 is 13.3. The minimum atomic E-state index is 0.154. The number of aromatic nitrogens is 2. The van der Waals surface area contributed by atoms with Gasteiger partial charge >= 0.3 is 0 Å². The van der Waals surface area contributed by atoms with Crippen LogP contribution >= 0.6 is 0 Å². The Hall–Kier alpha value is -3.80. The number of hydrogen-bond donors (Lipinski definition) is 0. The lowest BCUT2D eigenvalue weighted by atomic mass is 9.93. The van der Waals surface area contributed by atoms with Crippen LogP contribution in [0.4, 0.5) is 5.69 Å². The predicted octanol–water partition coefficient (Wildman–Crippen LogP) is 5.95. The average molecular weight is 470 g/mol. The highest BCUT2D eigenvalue weighted by molar-refractivity contribution is 5.96. The number of hydrogen-bond acceptors (Lipinski definition) is 4. The van der Waals surface area contributed by atoms with Gasteiger partial charge in [0, 0.05) is 30.4 Å². The van der Waals surface area contributed by atoms with Crippen LogP contribution < -0.4 is 9.64 Å². The zero-order valence-corrected chi connectivity index (χ0v) is 20.4. The third-order valence-corrected chi connectivity index (χ3v) is 6.74. The Kier molecular flexibility index (Phi) is 6.70. The van der Waals surface area contributed by atoms with Gasteiger partial charge in [0.15, 0.2) is 0 Å². The molecule has 0 bridgehead atoms. The third-order valence-electron chi connectivity index (χ3n) is 6.74. The van der Waals surface area contributed by atoms with E-state index in [1.54, 1.807) is 6.26 Å². The summed E-state index contributed by atoms with van der Waals surface area (Å²) in [6, 6.07) is 16.1. The lowest BCUT2D eigenvalue weighted by molar-refractivity contribution is -0.118. The minimum absolute atomic E-state index is 0.154. The molecule has 0 unspecified atom stereocenters. The van der Waals surface area contributed by atoms with E-state index in [1.807, 2.05) is 52.3 Å². The van der Waals surface area contributed by atoms with Gasteiger partial charge in [0.1, 0.15) is 11.5 Å². The molecular weight excluding hydrogens is 438 g/mol. The minimum Gasteiger partial charge on any atom is -0.493 e. The second-order valence-electron chi connectivity index (χ2n) is 9.11. The molecule has 4 aromatic rings. The average Bonchev–Trinajstić information content (AvgIpc) is 3.56. The summed E-state index contributed by atoms with van der Waals surface area (Å²) in [4.78, 5) is 15.1. The highest BCUT2D eigenvalue weighted by atomic mass is 16.5.